The molecule has 5 heteroatoms. The summed E-state index contributed by atoms with van der Waals surface area (Å²) in [5.74, 6) is 0. The normalized spacial score (nSPS) is 11.2. The fourth-order valence-corrected chi connectivity index (χ4v) is 1.81. The van der Waals surface area contributed by atoms with Gasteiger partial charge in [0, 0.05) is 22.8 Å². The Labute approximate surface area is 126 Å². The van der Waals surface area contributed by atoms with E-state index in [1.807, 2.05) is 24.3 Å². The molecule has 0 aliphatic rings. The van der Waals surface area contributed by atoms with Crippen LogP contribution in [-0.2, 0) is 0 Å². The Morgan fingerprint density at radius 1 is 1.16 bits per heavy atom. The number of rotatable bonds is 5. The van der Waals surface area contributed by atoms with Gasteiger partial charge in [-0.3, -0.25) is 0 Å². The Kier molecular flexibility index (Phi) is 6.55. The number of halogens is 1. The van der Waals surface area contributed by atoms with Crippen LogP contribution < -0.4 is 16.0 Å². The summed E-state index contributed by atoms with van der Waals surface area (Å²) in [5, 5.41) is 11.1. The standard InChI is InChI=1S/C14H22ClN3S/c1-14(2,3)17-10-4-9-16-13(19)18-12-7-5-11(15)6-8-12/h5-8,17H,4,9-10H2,1-3H3,(H2,16,18,19). The minimum Gasteiger partial charge on any atom is -0.362 e. The lowest BCUT2D eigenvalue weighted by atomic mass is 10.1. The van der Waals surface area contributed by atoms with Crippen molar-refractivity contribution in [2.75, 3.05) is 18.4 Å². The number of thiocarbonyl (C=S) groups is 1. The van der Waals surface area contributed by atoms with E-state index in [4.69, 9.17) is 23.8 Å². The average Bonchev–Trinajstić information content (AvgIpc) is 2.30. The quantitative estimate of drug-likeness (QED) is 0.575. The van der Waals surface area contributed by atoms with Gasteiger partial charge in [0.15, 0.2) is 5.11 Å². The molecule has 1 aromatic rings. The third-order valence-corrected chi connectivity index (χ3v) is 2.89. The molecule has 0 saturated carbocycles. The molecular weight excluding hydrogens is 278 g/mol. The van der Waals surface area contributed by atoms with Crippen LogP contribution in [0.15, 0.2) is 24.3 Å². The van der Waals surface area contributed by atoms with Crippen molar-refractivity contribution in [2.45, 2.75) is 32.7 Å². The van der Waals surface area contributed by atoms with Crippen molar-refractivity contribution in [3.8, 4) is 0 Å². The molecule has 0 radical (unpaired) electrons. The molecule has 19 heavy (non-hydrogen) atoms. The van der Waals surface area contributed by atoms with E-state index in [0.717, 1.165) is 30.2 Å². The van der Waals surface area contributed by atoms with Crippen LogP contribution in [0.4, 0.5) is 5.69 Å². The van der Waals surface area contributed by atoms with E-state index in [-0.39, 0.29) is 5.54 Å². The van der Waals surface area contributed by atoms with Gasteiger partial charge in [-0.05, 0) is 70.2 Å². The van der Waals surface area contributed by atoms with Crippen molar-refractivity contribution < 1.29 is 0 Å². The maximum Gasteiger partial charge on any atom is 0.170 e. The summed E-state index contributed by atoms with van der Waals surface area (Å²) in [6.07, 6.45) is 1.03. The summed E-state index contributed by atoms with van der Waals surface area (Å²) in [6, 6.07) is 7.47. The second kappa shape index (κ2) is 7.68. The first kappa shape index (κ1) is 16.2. The van der Waals surface area contributed by atoms with Crippen molar-refractivity contribution >= 4 is 34.6 Å². The monoisotopic (exact) mass is 299 g/mol. The van der Waals surface area contributed by atoms with Gasteiger partial charge in [-0.25, -0.2) is 0 Å². The molecule has 0 heterocycles. The minimum absolute atomic E-state index is 0.169. The van der Waals surface area contributed by atoms with Crippen LogP contribution in [0.2, 0.25) is 5.02 Å². The highest BCUT2D eigenvalue weighted by molar-refractivity contribution is 7.80. The summed E-state index contributed by atoms with van der Waals surface area (Å²) in [7, 11) is 0. The van der Waals surface area contributed by atoms with Gasteiger partial charge in [0.05, 0.1) is 0 Å². The summed E-state index contributed by atoms with van der Waals surface area (Å²) < 4.78 is 0. The fourth-order valence-electron chi connectivity index (χ4n) is 1.46. The number of hydrogen-bond donors (Lipinski definition) is 3. The smallest absolute Gasteiger partial charge is 0.170 e. The highest BCUT2D eigenvalue weighted by Crippen LogP contribution is 2.13. The number of benzene rings is 1. The number of hydrogen-bond acceptors (Lipinski definition) is 2. The molecule has 0 fully saturated rings. The molecule has 0 bridgehead atoms. The first-order chi connectivity index (χ1) is 8.87. The SMILES string of the molecule is CC(C)(C)NCCCNC(=S)Nc1ccc(Cl)cc1. The zero-order valence-corrected chi connectivity index (χ0v) is 13.3. The zero-order chi connectivity index (χ0) is 14.3. The van der Waals surface area contributed by atoms with Gasteiger partial charge < -0.3 is 16.0 Å². The summed E-state index contributed by atoms with van der Waals surface area (Å²) >= 11 is 11.0. The van der Waals surface area contributed by atoms with Gasteiger partial charge in [0.25, 0.3) is 0 Å². The van der Waals surface area contributed by atoms with Gasteiger partial charge in [-0.2, -0.15) is 0 Å². The molecule has 1 aromatic carbocycles. The highest BCUT2D eigenvalue weighted by atomic mass is 35.5. The van der Waals surface area contributed by atoms with Gasteiger partial charge in [-0.15, -0.1) is 0 Å². The summed E-state index contributed by atoms with van der Waals surface area (Å²) in [6.45, 7) is 8.30. The van der Waals surface area contributed by atoms with Gasteiger partial charge >= 0.3 is 0 Å². The topological polar surface area (TPSA) is 36.1 Å². The Hall–Kier alpha value is -0.840. The first-order valence-electron chi connectivity index (χ1n) is 6.42. The minimum atomic E-state index is 0.169. The van der Waals surface area contributed by atoms with Gasteiger partial charge in [-0.1, -0.05) is 11.6 Å². The molecule has 0 unspecified atom stereocenters. The van der Waals surface area contributed by atoms with Crippen molar-refractivity contribution in [1.29, 1.82) is 0 Å². The van der Waals surface area contributed by atoms with E-state index >= 15 is 0 Å². The molecule has 0 amide bonds. The van der Waals surface area contributed by atoms with Crippen LogP contribution in [0.25, 0.3) is 0 Å². The van der Waals surface area contributed by atoms with E-state index in [9.17, 15) is 0 Å². The molecule has 3 N–H and O–H groups in total. The van der Waals surface area contributed by atoms with Crippen LogP contribution in [0.3, 0.4) is 0 Å². The largest absolute Gasteiger partial charge is 0.362 e. The average molecular weight is 300 g/mol. The Bertz CT molecular complexity index is 398. The van der Waals surface area contributed by atoms with E-state index in [1.54, 1.807) is 0 Å². The molecule has 0 spiro atoms. The fraction of sp³-hybridized carbons (Fsp3) is 0.500. The van der Waals surface area contributed by atoms with Crippen LogP contribution in [0, 0.1) is 0 Å². The number of anilines is 1. The molecule has 3 nitrogen and oxygen atoms in total. The summed E-state index contributed by atoms with van der Waals surface area (Å²) in [5.41, 5.74) is 1.11. The Morgan fingerprint density at radius 2 is 1.79 bits per heavy atom. The zero-order valence-electron chi connectivity index (χ0n) is 11.7. The molecular formula is C14H22ClN3S. The molecule has 0 saturated heterocycles. The Morgan fingerprint density at radius 3 is 2.37 bits per heavy atom. The third-order valence-electron chi connectivity index (χ3n) is 2.40. The van der Waals surface area contributed by atoms with Gasteiger partial charge in [0.2, 0.25) is 0 Å². The van der Waals surface area contributed by atoms with Crippen LogP contribution in [0.5, 0.6) is 0 Å². The molecule has 0 atom stereocenters. The molecule has 0 aliphatic heterocycles. The van der Waals surface area contributed by atoms with Crippen LogP contribution in [0.1, 0.15) is 27.2 Å². The van der Waals surface area contributed by atoms with Gasteiger partial charge in [0.1, 0.15) is 0 Å². The first-order valence-corrected chi connectivity index (χ1v) is 7.21. The van der Waals surface area contributed by atoms with Crippen LogP contribution in [-0.4, -0.2) is 23.7 Å². The van der Waals surface area contributed by atoms with Crippen molar-refractivity contribution in [1.82, 2.24) is 10.6 Å². The maximum absolute atomic E-state index is 5.82. The lowest BCUT2D eigenvalue weighted by molar-refractivity contribution is 0.422. The predicted octanol–water partition coefficient (Wildman–Crippen LogP) is 3.40. The molecule has 0 aromatic heterocycles. The van der Waals surface area contributed by atoms with E-state index in [2.05, 4.69) is 36.7 Å². The van der Waals surface area contributed by atoms with Crippen molar-refractivity contribution in [2.24, 2.45) is 0 Å². The summed E-state index contributed by atoms with van der Waals surface area (Å²) in [4.78, 5) is 0. The van der Waals surface area contributed by atoms with E-state index in [1.165, 1.54) is 0 Å². The molecule has 106 valence electrons. The lowest BCUT2D eigenvalue weighted by Crippen LogP contribution is -2.38. The second-order valence-electron chi connectivity index (χ2n) is 5.42. The van der Waals surface area contributed by atoms with E-state index < -0.39 is 0 Å². The Balaban J connectivity index is 2.16. The molecule has 1 rings (SSSR count). The van der Waals surface area contributed by atoms with Crippen LogP contribution >= 0.6 is 23.8 Å². The lowest BCUT2D eigenvalue weighted by Gasteiger charge is -2.20. The second-order valence-corrected chi connectivity index (χ2v) is 6.26. The maximum atomic E-state index is 5.82. The highest BCUT2D eigenvalue weighted by Gasteiger charge is 2.06. The predicted molar refractivity (Wildman–Crippen MR) is 88.0 cm³/mol. The van der Waals surface area contributed by atoms with E-state index in [0.29, 0.717) is 5.11 Å². The van der Waals surface area contributed by atoms with Crippen molar-refractivity contribution in [3.05, 3.63) is 29.3 Å². The third kappa shape index (κ3) is 8.03. The number of nitrogens with one attached hydrogen (secondary N) is 3. The molecule has 0 aliphatic carbocycles. The van der Waals surface area contributed by atoms with Crippen molar-refractivity contribution in [3.63, 3.8) is 0 Å².